The fourth-order valence-corrected chi connectivity index (χ4v) is 3.42. The van der Waals surface area contributed by atoms with Crippen LogP contribution in [0.1, 0.15) is 38.7 Å². The van der Waals surface area contributed by atoms with Crippen molar-refractivity contribution in [2.24, 2.45) is 11.8 Å². The first-order chi connectivity index (χ1) is 9.51. The van der Waals surface area contributed by atoms with E-state index < -0.39 is 0 Å². The molecular weight excluding hydrogens is 293 g/mol. The zero-order valence-electron chi connectivity index (χ0n) is 12.4. The summed E-state index contributed by atoms with van der Waals surface area (Å²) in [6.07, 6.45) is 3.68. The molecule has 0 aliphatic heterocycles. The maximum atomic E-state index is 6.32. The van der Waals surface area contributed by atoms with Crippen LogP contribution in [0.5, 0.6) is 5.75 Å². The lowest BCUT2D eigenvalue weighted by Crippen LogP contribution is -2.29. The van der Waals surface area contributed by atoms with Crippen LogP contribution in [0.4, 0.5) is 0 Å². The standard InChI is InChI=1S/C16H23Cl2NO/c1-10-4-5-14(6-11(10)2)20-16-12(9-19-3)7-13(17)8-15(16)18/h7-8,10-11,14,19H,4-6,9H2,1-3H3. The highest BCUT2D eigenvalue weighted by molar-refractivity contribution is 6.35. The van der Waals surface area contributed by atoms with Gasteiger partial charge in [-0.15, -0.1) is 0 Å². The maximum Gasteiger partial charge on any atom is 0.142 e. The Hall–Kier alpha value is -0.440. The van der Waals surface area contributed by atoms with Gasteiger partial charge in [0.15, 0.2) is 0 Å². The highest BCUT2D eigenvalue weighted by Crippen LogP contribution is 2.37. The van der Waals surface area contributed by atoms with Gasteiger partial charge in [-0.25, -0.2) is 0 Å². The molecule has 2 rings (SSSR count). The number of nitrogens with one attached hydrogen (secondary N) is 1. The van der Waals surface area contributed by atoms with Crippen LogP contribution in [0.3, 0.4) is 0 Å². The number of ether oxygens (including phenoxy) is 1. The molecule has 0 aromatic heterocycles. The smallest absolute Gasteiger partial charge is 0.142 e. The van der Waals surface area contributed by atoms with Crippen molar-refractivity contribution in [1.29, 1.82) is 0 Å². The predicted molar refractivity (Wildman–Crippen MR) is 85.8 cm³/mol. The highest BCUT2D eigenvalue weighted by Gasteiger charge is 2.27. The van der Waals surface area contributed by atoms with Gasteiger partial charge < -0.3 is 10.1 Å². The summed E-state index contributed by atoms with van der Waals surface area (Å²) in [4.78, 5) is 0. The summed E-state index contributed by atoms with van der Waals surface area (Å²) in [6, 6.07) is 3.68. The van der Waals surface area contributed by atoms with Gasteiger partial charge in [0.05, 0.1) is 11.1 Å². The Bertz CT molecular complexity index is 464. The SMILES string of the molecule is CNCc1cc(Cl)cc(Cl)c1OC1CCC(C)C(C)C1. The fourth-order valence-electron chi connectivity index (χ4n) is 2.84. The van der Waals surface area contributed by atoms with E-state index in [2.05, 4.69) is 19.2 Å². The molecule has 0 spiro atoms. The number of hydrogen-bond acceptors (Lipinski definition) is 2. The van der Waals surface area contributed by atoms with Crippen LogP contribution in [0.25, 0.3) is 0 Å². The molecule has 20 heavy (non-hydrogen) atoms. The average Bonchev–Trinajstić information content (AvgIpc) is 2.38. The Morgan fingerprint density at radius 1 is 1.20 bits per heavy atom. The van der Waals surface area contributed by atoms with E-state index in [0.717, 1.165) is 30.1 Å². The third-order valence-corrected chi connectivity index (χ3v) is 4.79. The second-order valence-corrected chi connectivity index (χ2v) is 6.76. The van der Waals surface area contributed by atoms with Gasteiger partial charge in [-0.3, -0.25) is 0 Å². The average molecular weight is 316 g/mol. The molecule has 0 radical (unpaired) electrons. The van der Waals surface area contributed by atoms with Crippen molar-refractivity contribution in [1.82, 2.24) is 5.32 Å². The van der Waals surface area contributed by atoms with E-state index in [0.29, 0.717) is 22.5 Å². The van der Waals surface area contributed by atoms with Gasteiger partial charge in [-0.1, -0.05) is 37.0 Å². The fraction of sp³-hybridized carbons (Fsp3) is 0.625. The van der Waals surface area contributed by atoms with Crippen LogP contribution < -0.4 is 10.1 Å². The first-order valence-corrected chi connectivity index (χ1v) is 8.06. The molecule has 0 heterocycles. The molecule has 0 amide bonds. The van der Waals surface area contributed by atoms with Crippen LogP contribution in [-0.4, -0.2) is 13.2 Å². The van der Waals surface area contributed by atoms with E-state index in [1.165, 1.54) is 6.42 Å². The number of benzene rings is 1. The van der Waals surface area contributed by atoms with Gasteiger partial charge in [0, 0.05) is 17.1 Å². The Kier molecular flexibility index (Phi) is 5.59. The minimum atomic E-state index is 0.260. The van der Waals surface area contributed by atoms with Crippen LogP contribution in [-0.2, 0) is 6.54 Å². The lowest BCUT2D eigenvalue weighted by Gasteiger charge is -2.33. The zero-order valence-corrected chi connectivity index (χ0v) is 13.9. The molecule has 1 aliphatic rings. The molecule has 4 heteroatoms. The van der Waals surface area contributed by atoms with E-state index in [1.54, 1.807) is 6.07 Å². The topological polar surface area (TPSA) is 21.3 Å². The second-order valence-electron chi connectivity index (χ2n) is 5.91. The van der Waals surface area contributed by atoms with Gasteiger partial charge in [0.2, 0.25) is 0 Å². The van der Waals surface area contributed by atoms with Crippen LogP contribution in [0, 0.1) is 11.8 Å². The van der Waals surface area contributed by atoms with Crippen molar-refractivity contribution >= 4 is 23.2 Å². The molecule has 0 bridgehead atoms. The lowest BCUT2D eigenvalue weighted by atomic mass is 9.80. The summed E-state index contributed by atoms with van der Waals surface area (Å²) in [5, 5.41) is 4.39. The van der Waals surface area contributed by atoms with E-state index in [4.69, 9.17) is 27.9 Å². The Balaban J connectivity index is 2.16. The third-order valence-electron chi connectivity index (χ3n) is 4.29. The summed E-state index contributed by atoms with van der Waals surface area (Å²) in [6.45, 7) is 5.33. The van der Waals surface area contributed by atoms with Gasteiger partial charge in [-0.2, -0.15) is 0 Å². The molecule has 3 unspecified atom stereocenters. The first kappa shape index (κ1) is 15.9. The van der Waals surface area contributed by atoms with Crippen molar-refractivity contribution in [3.63, 3.8) is 0 Å². The van der Waals surface area contributed by atoms with Gasteiger partial charge in [0.25, 0.3) is 0 Å². The number of halogens is 2. The summed E-state index contributed by atoms with van der Waals surface area (Å²) in [5.74, 6) is 2.28. The molecule has 1 fully saturated rings. The third kappa shape index (κ3) is 3.81. The molecule has 1 aliphatic carbocycles. The van der Waals surface area contributed by atoms with Crippen molar-refractivity contribution < 1.29 is 4.74 Å². The zero-order chi connectivity index (χ0) is 14.7. The van der Waals surface area contributed by atoms with E-state index in [9.17, 15) is 0 Å². The van der Waals surface area contributed by atoms with E-state index >= 15 is 0 Å². The highest BCUT2D eigenvalue weighted by atomic mass is 35.5. The first-order valence-electron chi connectivity index (χ1n) is 7.30. The minimum Gasteiger partial charge on any atom is -0.489 e. The van der Waals surface area contributed by atoms with Crippen LogP contribution >= 0.6 is 23.2 Å². The van der Waals surface area contributed by atoms with Crippen molar-refractivity contribution in [3.05, 3.63) is 27.7 Å². The molecule has 0 saturated heterocycles. The second kappa shape index (κ2) is 7.02. The maximum absolute atomic E-state index is 6.32. The van der Waals surface area contributed by atoms with E-state index in [-0.39, 0.29) is 6.10 Å². The summed E-state index contributed by atoms with van der Waals surface area (Å²) >= 11 is 12.4. The number of hydrogen-bond donors (Lipinski definition) is 1. The summed E-state index contributed by atoms with van der Waals surface area (Å²) < 4.78 is 6.21. The van der Waals surface area contributed by atoms with Crippen molar-refractivity contribution in [2.75, 3.05) is 7.05 Å². The molecular formula is C16H23Cl2NO. The summed E-state index contributed by atoms with van der Waals surface area (Å²) in [7, 11) is 1.91. The van der Waals surface area contributed by atoms with Crippen molar-refractivity contribution in [2.45, 2.75) is 45.8 Å². The minimum absolute atomic E-state index is 0.260. The normalized spacial score (nSPS) is 26.6. The summed E-state index contributed by atoms with van der Waals surface area (Å²) in [5.41, 5.74) is 1.02. The predicted octanol–water partition coefficient (Wildman–Crippen LogP) is 4.92. The van der Waals surface area contributed by atoms with Crippen LogP contribution in [0.15, 0.2) is 12.1 Å². The molecule has 3 atom stereocenters. The Morgan fingerprint density at radius 2 is 1.95 bits per heavy atom. The molecule has 2 nitrogen and oxygen atoms in total. The Labute approximate surface area is 131 Å². The molecule has 1 saturated carbocycles. The largest absolute Gasteiger partial charge is 0.489 e. The Morgan fingerprint density at radius 3 is 2.60 bits per heavy atom. The van der Waals surface area contributed by atoms with Gasteiger partial charge in [-0.05, 0) is 50.3 Å². The monoisotopic (exact) mass is 315 g/mol. The molecule has 1 aromatic carbocycles. The quantitative estimate of drug-likeness (QED) is 0.851. The van der Waals surface area contributed by atoms with Crippen molar-refractivity contribution in [3.8, 4) is 5.75 Å². The molecule has 1 aromatic rings. The van der Waals surface area contributed by atoms with Crippen LogP contribution in [0.2, 0.25) is 10.0 Å². The van der Waals surface area contributed by atoms with Gasteiger partial charge >= 0.3 is 0 Å². The molecule has 112 valence electrons. The van der Waals surface area contributed by atoms with Gasteiger partial charge in [0.1, 0.15) is 5.75 Å². The molecule has 1 N–H and O–H groups in total. The lowest BCUT2D eigenvalue weighted by molar-refractivity contribution is 0.0997. The number of rotatable bonds is 4. The van der Waals surface area contributed by atoms with E-state index in [1.807, 2.05) is 13.1 Å².